The van der Waals surface area contributed by atoms with Gasteiger partial charge in [-0.15, -0.1) is 0 Å². The number of amides is 1. The standard InChI is InChI=1S/C15H19NO4/c1-2-3-9-20-12-6-4-5-11(10-12)16-13(17)15(7-8-15)14(18)19/h4-6,10H,2-3,7-9H2,1H3,(H,16,17)(H,18,19). The first-order valence-electron chi connectivity index (χ1n) is 6.86. The second-order valence-corrected chi connectivity index (χ2v) is 5.07. The molecule has 108 valence electrons. The summed E-state index contributed by atoms with van der Waals surface area (Å²) < 4.78 is 5.55. The first kappa shape index (κ1) is 14.4. The second-order valence-electron chi connectivity index (χ2n) is 5.07. The molecule has 0 spiro atoms. The van der Waals surface area contributed by atoms with E-state index in [1.54, 1.807) is 18.2 Å². The van der Waals surface area contributed by atoms with E-state index in [1.165, 1.54) is 0 Å². The van der Waals surface area contributed by atoms with Gasteiger partial charge >= 0.3 is 5.97 Å². The van der Waals surface area contributed by atoms with E-state index >= 15 is 0 Å². The van der Waals surface area contributed by atoms with Gasteiger partial charge in [-0.2, -0.15) is 0 Å². The number of carbonyl (C=O) groups excluding carboxylic acids is 1. The van der Waals surface area contributed by atoms with E-state index in [0.717, 1.165) is 12.8 Å². The minimum Gasteiger partial charge on any atom is -0.494 e. The number of anilines is 1. The molecular weight excluding hydrogens is 258 g/mol. The molecule has 1 aromatic rings. The van der Waals surface area contributed by atoms with Crippen molar-refractivity contribution in [3.8, 4) is 5.75 Å². The van der Waals surface area contributed by atoms with Gasteiger partial charge in [0, 0.05) is 11.8 Å². The van der Waals surface area contributed by atoms with Crippen LogP contribution in [0.15, 0.2) is 24.3 Å². The summed E-state index contributed by atoms with van der Waals surface area (Å²) in [6, 6.07) is 7.03. The molecule has 0 aromatic heterocycles. The van der Waals surface area contributed by atoms with Crippen LogP contribution in [0.2, 0.25) is 0 Å². The zero-order chi connectivity index (χ0) is 14.6. The predicted octanol–water partition coefficient (Wildman–Crippen LogP) is 2.67. The SMILES string of the molecule is CCCCOc1cccc(NC(=O)C2(C(=O)O)CC2)c1. The normalized spacial score (nSPS) is 15.4. The van der Waals surface area contributed by atoms with Crippen LogP contribution in [-0.4, -0.2) is 23.6 Å². The number of carboxylic acids is 1. The Balaban J connectivity index is 1.98. The van der Waals surface area contributed by atoms with Crippen molar-refractivity contribution in [2.45, 2.75) is 32.6 Å². The fraction of sp³-hybridized carbons (Fsp3) is 0.467. The van der Waals surface area contributed by atoms with Crippen LogP contribution in [0.5, 0.6) is 5.75 Å². The molecule has 2 N–H and O–H groups in total. The Morgan fingerprint density at radius 3 is 2.75 bits per heavy atom. The molecule has 0 bridgehead atoms. The molecule has 1 amide bonds. The molecule has 0 unspecified atom stereocenters. The van der Waals surface area contributed by atoms with E-state index in [0.29, 0.717) is 30.9 Å². The first-order valence-corrected chi connectivity index (χ1v) is 6.86. The summed E-state index contributed by atoms with van der Waals surface area (Å²) in [5, 5.41) is 11.7. The average Bonchev–Trinajstić information content (AvgIpc) is 3.21. The number of aliphatic carboxylic acids is 1. The minimum atomic E-state index is -1.22. The summed E-state index contributed by atoms with van der Waals surface area (Å²) in [5.74, 6) is -0.822. The summed E-state index contributed by atoms with van der Waals surface area (Å²) in [5.41, 5.74) is -0.657. The van der Waals surface area contributed by atoms with Crippen molar-refractivity contribution in [1.29, 1.82) is 0 Å². The maximum atomic E-state index is 12.0. The lowest BCUT2D eigenvalue weighted by Crippen LogP contribution is -2.31. The van der Waals surface area contributed by atoms with Crippen LogP contribution in [0.25, 0.3) is 0 Å². The average molecular weight is 277 g/mol. The molecule has 1 aliphatic rings. The van der Waals surface area contributed by atoms with Crippen molar-refractivity contribution < 1.29 is 19.4 Å². The number of carboxylic acid groups (broad SMARTS) is 1. The van der Waals surface area contributed by atoms with Gasteiger partial charge < -0.3 is 15.2 Å². The van der Waals surface area contributed by atoms with Gasteiger partial charge in [0.05, 0.1) is 6.61 Å². The molecule has 0 atom stereocenters. The van der Waals surface area contributed by atoms with Crippen molar-refractivity contribution >= 4 is 17.6 Å². The monoisotopic (exact) mass is 277 g/mol. The molecule has 5 heteroatoms. The lowest BCUT2D eigenvalue weighted by molar-refractivity contribution is -0.147. The molecule has 0 radical (unpaired) electrons. The molecule has 1 fully saturated rings. The van der Waals surface area contributed by atoms with Crippen LogP contribution in [0.3, 0.4) is 0 Å². The van der Waals surface area contributed by atoms with Gasteiger partial charge in [0.25, 0.3) is 0 Å². The van der Waals surface area contributed by atoms with Crippen LogP contribution in [0.4, 0.5) is 5.69 Å². The van der Waals surface area contributed by atoms with Crippen LogP contribution < -0.4 is 10.1 Å². The molecule has 1 aliphatic carbocycles. The van der Waals surface area contributed by atoms with Crippen molar-refractivity contribution in [2.24, 2.45) is 5.41 Å². The molecule has 5 nitrogen and oxygen atoms in total. The maximum Gasteiger partial charge on any atom is 0.319 e. The van der Waals surface area contributed by atoms with Gasteiger partial charge in [-0.3, -0.25) is 9.59 Å². The maximum absolute atomic E-state index is 12.0. The van der Waals surface area contributed by atoms with Gasteiger partial charge in [-0.05, 0) is 31.4 Å². The third-order valence-electron chi connectivity index (χ3n) is 3.45. The largest absolute Gasteiger partial charge is 0.494 e. The van der Waals surface area contributed by atoms with Crippen LogP contribution in [-0.2, 0) is 9.59 Å². The van der Waals surface area contributed by atoms with Crippen LogP contribution in [0.1, 0.15) is 32.6 Å². The van der Waals surface area contributed by atoms with Crippen molar-refractivity contribution in [3.05, 3.63) is 24.3 Å². The zero-order valence-electron chi connectivity index (χ0n) is 11.5. The number of rotatable bonds is 7. The molecule has 1 aromatic carbocycles. The third kappa shape index (κ3) is 3.10. The highest BCUT2D eigenvalue weighted by atomic mass is 16.5. The molecule has 0 aliphatic heterocycles. The van der Waals surface area contributed by atoms with E-state index in [2.05, 4.69) is 12.2 Å². The fourth-order valence-corrected chi connectivity index (χ4v) is 1.91. The highest BCUT2D eigenvalue weighted by Crippen LogP contribution is 2.46. The molecule has 1 saturated carbocycles. The molecular formula is C15H19NO4. The Bertz CT molecular complexity index is 508. The quantitative estimate of drug-likeness (QED) is 0.593. The summed E-state index contributed by atoms with van der Waals surface area (Å²) in [7, 11) is 0. The van der Waals surface area contributed by atoms with Crippen LogP contribution in [0, 0.1) is 5.41 Å². The summed E-state index contributed by atoms with van der Waals surface area (Å²) in [6.45, 7) is 2.72. The molecule has 0 heterocycles. The van der Waals surface area contributed by atoms with Gasteiger partial charge in [0.2, 0.25) is 5.91 Å². The van der Waals surface area contributed by atoms with E-state index in [-0.39, 0.29) is 0 Å². The number of unbranched alkanes of at least 4 members (excludes halogenated alkanes) is 1. The third-order valence-corrected chi connectivity index (χ3v) is 3.45. The lowest BCUT2D eigenvalue weighted by atomic mass is 10.1. The smallest absolute Gasteiger partial charge is 0.319 e. The van der Waals surface area contributed by atoms with E-state index in [9.17, 15) is 9.59 Å². The van der Waals surface area contributed by atoms with Gasteiger partial charge in [0.15, 0.2) is 0 Å². The Morgan fingerprint density at radius 1 is 1.40 bits per heavy atom. The summed E-state index contributed by atoms with van der Waals surface area (Å²) in [6.07, 6.45) is 2.83. The van der Waals surface area contributed by atoms with E-state index < -0.39 is 17.3 Å². The number of hydrogen-bond acceptors (Lipinski definition) is 3. The molecule has 0 saturated heterocycles. The van der Waals surface area contributed by atoms with Crippen molar-refractivity contribution in [3.63, 3.8) is 0 Å². The Labute approximate surface area is 117 Å². The zero-order valence-corrected chi connectivity index (χ0v) is 11.5. The fourth-order valence-electron chi connectivity index (χ4n) is 1.91. The Morgan fingerprint density at radius 2 is 2.15 bits per heavy atom. The second kappa shape index (κ2) is 5.94. The summed E-state index contributed by atoms with van der Waals surface area (Å²) in [4.78, 5) is 23.0. The highest BCUT2D eigenvalue weighted by Gasteiger charge is 2.57. The number of nitrogens with one attached hydrogen (secondary N) is 1. The number of ether oxygens (including phenoxy) is 1. The topological polar surface area (TPSA) is 75.6 Å². The van der Waals surface area contributed by atoms with Crippen LogP contribution >= 0.6 is 0 Å². The van der Waals surface area contributed by atoms with Gasteiger partial charge in [-0.25, -0.2) is 0 Å². The van der Waals surface area contributed by atoms with E-state index in [1.807, 2.05) is 6.07 Å². The molecule has 2 rings (SSSR count). The summed E-state index contributed by atoms with van der Waals surface area (Å²) >= 11 is 0. The van der Waals surface area contributed by atoms with Gasteiger partial charge in [-0.1, -0.05) is 19.4 Å². The molecule has 20 heavy (non-hydrogen) atoms. The number of hydrogen-bond donors (Lipinski definition) is 2. The predicted molar refractivity (Wildman–Crippen MR) is 74.8 cm³/mol. The minimum absolute atomic E-state index is 0.404. The number of benzene rings is 1. The number of carbonyl (C=O) groups is 2. The van der Waals surface area contributed by atoms with Crippen molar-refractivity contribution in [2.75, 3.05) is 11.9 Å². The highest BCUT2D eigenvalue weighted by molar-refractivity contribution is 6.10. The van der Waals surface area contributed by atoms with Gasteiger partial charge in [0.1, 0.15) is 11.2 Å². The Kier molecular flexibility index (Phi) is 4.27. The first-order chi connectivity index (χ1) is 9.58. The lowest BCUT2D eigenvalue weighted by Gasteiger charge is -2.12. The van der Waals surface area contributed by atoms with E-state index in [4.69, 9.17) is 9.84 Å². The van der Waals surface area contributed by atoms with Crippen molar-refractivity contribution in [1.82, 2.24) is 0 Å². The Hall–Kier alpha value is -2.04.